The third-order valence-corrected chi connectivity index (χ3v) is 2.36. The van der Waals surface area contributed by atoms with Crippen LogP contribution < -0.4 is 4.74 Å². The molecule has 0 saturated heterocycles. The Hall–Kier alpha value is -1.64. The standard InChI is InChI=1S/C14H18FNO/c1-4-11(3)16-13(5-2)10-17-14-8-6-7-12(15)9-14/h5-9H,4,10H2,1-3H3/b13-5-,16-11?. The molecule has 0 bridgehead atoms. The number of allylic oxidation sites excluding steroid dienone is 1. The number of hydrogen-bond acceptors (Lipinski definition) is 2. The van der Waals surface area contributed by atoms with Crippen LogP contribution in [0.3, 0.4) is 0 Å². The quantitative estimate of drug-likeness (QED) is 0.707. The van der Waals surface area contributed by atoms with Gasteiger partial charge in [0.2, 0.25) is 0 Å². The highest BCUT2D eigenvalue weighted by molar-refractivity contribution is 5.82. The summed E-state index contributed by atoms with van der Waals surface area (Å²) < 4.78 is 18.4. The Morgan fingerprint density at radius 3 is 2.82 bits per heavy atom. The largest absolute Gasteiger partial charge is 0.487 e. The Kier molecular flexibility index (Phi) is 5.40. The molecule has 0 radical (unpaired) electrons. The van der Waals surface area contributed by atoms with Crippen molar-refractivity contribution in [2.45, 2.75) is 27.2 Å². The van der Waals surface area contributed by atoms with E-state index >= 15 is 0 Å². The lowest BCUT2D eigenvalue weighted by atomic mass is 10.3. The summed E-state index contributed by atoms with van der Waals surface area (Å²) in [6.45, 7) is 6.30. The normalized spacial score (nSPS) is 12.7. The molecule has 92 valence electrons. The molecular formula is C14H18FNO. The first-order valence-corrected chi connectivity index (χ1v) is 5.73. The molecule has 1 aromatic carbocycles. The number of aliphatic imine (C=N–C) groups is 1. The summed E-state index contributed by atoms with van der Waals surface area (Å²) in [4.78, 5) is 4.41. The third kappa shape index (κ3) is 4.81. The van der Waals surface area contributed by atoms with Crippen LogP contribution in [0.15, 0.2) is 41.0 Å². The highest BCUT2D eigenvalue weighted by atomic mass is 19.1. The smallest absolute Gasteiger partial charge is 0.130 e. The van der Waals surface area contributed by atoms with Gasteiger partial charge in [0.15, 0.2) is 0 Å². The van der Waals surface area contributed by atoms with E-state index in [1.165, 1.54) is 12.1 Å². The lowest BCUT2D eigenvalue weighted by molar-refractivity contribution is 0.348. The fraction of sp³-hybridized carbons (Fsp3) is 0.357. The van der Waals surface area contributed by atoms with E-state index in [1.807, 2.05) is 19.9 Å². The van der Waals surface area contributed by atoms with Crippen molar-refractivity contribution in [3.05, 3.63) is 41.9 Å². The van der Waals surface area contributed by atoms with Crippen molar-refractivity contribution >= 4 is 5.71 Å². The van der Waals surface area contributed by atoms with Crippen molar-refractivity contribution in [2.75, 3.05) is 6.61 Å². The van der Waals surface area contributed by atoms with Gasteiger partial charge in [0.05, 0.1) is 5.70 Å². The highest BCUT2D eigenvalue weighted by Crippen LogP contribution is 2.13. The highest BCUT2D eigenvalue weighted by Gasteiger charge is 1.99. The fourth-order valence-electron chi connectivity index (χ4n) is 1.22. The summed E-state index contributed by atoms with van der Waals surface area (Å²) in [5.41, 5.74) is 1.91. The van der Waals surface area contributed by atoms with Gasteiger partial charge >= 0.3 is 0 Å². The first-order valence-electron chi connectivity index (χ1n) is 5.73. The van der Waals surface area contributed by atoms with Gasteiger partial charge in [0.25, 0.3) is 0 Å². The van der Waals surface area contributed by atoms with Crippen LogP contribution in [0.2, 0.25) is 0 Å². The number of hydrogen-bond donors (Lipinski definition) is 0. The Labute approximate surface area is 102 Å². The molecule has 1 aromatic rings. The van der Waals surface area contributed by atoms with Gasteiger partial charge in [-0.05, 0) is 32.4 Å². The summed E-state index contributed by atoms with van der Waals surface area (Å²) in [6.07, 6.45) is 2.82. The van der Waals surface area contributed by atoms with Crippen molar-refractivity contribution in [3.63, 3.8) is 0 Å². The van der Waals surface area contributed by atoms with Crippen LogP contribution in [0, 0.1) is 5.82 Å². The van der Waals surface area contributed by atoms with E-state index in [1.54, 1.807) is 12.1 Å². The minimum atomic E-state index is -0.294. The topological polar surface area (TPSA) is 21.6 Å². The number of nitrogens with zero attached hydrogens (tertiary/aromatic N) is 1. The molecule has 0 aliphatic rings. The van der Waals surface area contributed by atoms with Crippen LogP contribution >= 0.6 is 0 Å². The van der Waals surface area contributed by atoms with Crippen molar-refractivity contribution in [2.24, 2.45) is 4.99 Å². The summed E-state index contributed by atoms with van der Waals surface area (Å²) in [6, 6.07) is 6.11. The summed E-state index contributed by atoms with van der Waals surface area (Å²) in [7, 11) is 0. The first kappa shape index (κ1) is 13.4. The second kappa shape index (κ2) is 6.84. The average Bonchev–Trinajstić information content (AvgIpc) is 2.34. The maximum Gasteiger partial charge on any atom is 0.130 e. The van der Waals surface area contributed by atoms with Crippen LogP contribution in [-0.4, -0.2) is 12.3 Å². The molecule has 3 heteroatoms. The molecule has 0 aliphatic carbocycles. The third-order valence-electron chi connectivity index (χ3n) is 2.36. The molecule has 0 saturated carbocycles. The molecule has 0 aromatic heterocycles. The Bertz CT molecular complexity index is 424. The predicted molar refractivity (Wildman–Crippen MR) is 69.1 cm³/mol. The Morgan fingerprint density at radius 2 is 2.24 bits per heavy atom. The van der Waals surface area contributed by atoms with Gasteiger partial charge < -0.3 is 4.74 Å². The number of benzene rings is 1. The predicted octanol–water partition coefficient (Wildman–Crippen LogP) is 3.98. The van der Waals surface area contributed by atoms with Gasteiger partial charge in [0, 0.05) is 11.8 Å². The number of ether oxygens (including phenoxy) is 1. The Morgan fingerprint density at radius 1 is 1.47 bits per heavy atom. The molecule has 2 nitrogen and oxygen atoms in total. The zero-order valence-electron chi connectivity index (χ0n) is 10.5. The lowest BCUT2D eigenvalue weighted by Gasteiger charge is -2.07. The number of halogens is 1. The Balaban J connectivity index is 2.60. The van der Waals surface area contributed by atoms with Gasteiger partial charge in [-0.15, -0.1) is 0 Å². The molecule has 0 N–H and O–H groups in total. The summed E-state index contributed by atoms with van der Waals surface area (Å²) in [5, 5.41) is 0. The van der Waals surface area contributed by atoms with Gasteiger partial charge in [0.1, 0.15) is 18.2 Å². The monoisotopic (exact) mass is 235 g/mol. The first-order chi connectivity index (χ1) is 8.15. The van der Waals surface area contributed by atoms with E-state index in [2.05, 4.69) is 11.9 Å². The van der Waals surface area contributed by atoms with E-state index in [9.17, 15) is 4.39 Å². The van der Waals surface area contributed by atoms with Crippen molar-refractivity contribution < 1.29 is 9.13 Å². The van der Waals surface area contributed by atoms with Crippen molar-refractivity contribution in [1.29, 1.82) is 0 Å². The van der Waals surface area contributed by atoms with Crippen LogP contribution in [0.25, 0.3) is 0 Å². The minimum Gasteiger partial charge on any atom is -0.487 e. The molecule has 0 amide bonds. The maximum atomic E-state index is 12.9. The van der Waals surface area contributed by atoms with Crippen molar-refractivity contribution in [3.8, 4) is 5.75 Å². The molecule has 0 spiro atoms. The SMILES string of the molecule is C/C=C(/COc1cccc(F)c1)N=C(C)CC. The van der Waals surface area contributed by atoms with Crippen molar-refractivity contribution in [1.82, 2.24) is 0 Å². The molecule has 1 rings (SSSR count). The second-order valence-corrected chi connectivity index (χ2v) is 3.73. The van der Waals surface area contributed by atoms with E-state index in [4.69, 9.17) is 4.74 Å². The summed E-state index contributed by atoms with van der Waals surface area (Å²) in [5.74, 6) is 0.228. The van der Waals surface area contributed by atoms with E-state index in [-0.39, 0.29) is 5.82 Å². The van der Waals surface area contributed by atoms with Gasteiger partial charge in [-0.1, -0.05) is 19.1 Å². The van der Waals surface area contributed by atoms with Crippen LogP contribution in [0.1, 0.15) is 27.2 Å². The van der Waals surface area contributed by atoms with E-state index in [0.717, 1.165) is 17.8 Å². The number of rotatable bonds is 5. The van der Waals surface area contributed by atoms with Crippen LogP contribution in [0.5, 0.6) is 5.75 Å². The fourth-order valence-corrected chi connectivity index (χ4v) is 1.22. The average molecular weight is 235 g/mol. The molecule has 0 atom stereocenters. The lowest BCUT2D eigenvalue weighted by Crippen LogP contribution is -2.01. The van der Waals surface area contributed by atoms with Gasteiger partial charge in [-0.2, -0.15) is 0 Å². The zero-order valence-corrected chi connectivity index (χ0v) is 10.5. The maximum absolute atomic E-state index is 12.9. The van der Waals surface area contributed by atoms with E-state index < -0.39 is 0 Å². The van der Waals surface area contributed by atoms with E-state index in [0.29, 0.717) is 12.4 Å². The molecule has 0 unspecified atom stereocenters. The van der Waals surface area contributed by atoms with Gasteiger partial charge in [-0.3, -0.25) is 4.99 Å². The minimum absolute atomic E-state index is 0.294. The molecule has 0 fully saturated rings. The molecule has 0 heterocycles. The second-order valence-electron chi connectivity index (χ2n) is 3.73. The molecule has 0 aliphatic heterocycles. The van der Waals surface area contributed by atoms with Gasteiger partial charge in [-0.25, -0.2) is 4.39 Å². The van der Waals surface area contributed by atoms with Crippen LogP contribution in [-0.2, 0) is 0 Å². The zero-order chi connectivity index (χ0) is 12.7. The molecule has 17 heavy (non-hydrogen) atoms. The van der Waals surface area contributed by atoms with Crippen LogP contribution in [0.4, 0.5) is 4.39 Å². The summed E-state index contributed by atoms with van der Waals surface area (Å²) >= 11 is 0. The molecular weight excluding hydrogens is 217 g/mol.